The molecular weight excluding hydrogens is 172 g/mol. The first kappa shape index (κ1) is 13.9. The summed E-state index contributed by atoms with van der Waals surface area (Å²) in [4.78, 5) is 2.40. The van der Waals surface area contributed by atoms with Gasteiger partial charge in [-0.1, -0.05) is 27.7 Å². The highest BCUT2D eigenvalue weighted by Crippen LogP contribution is 1.97. The van der Waals surface area contributed by atoms with Crippen LogP contribution in [0.15, 0.2) is 0 Å². The summed E-state index contributed by atoms with van der Waals surface area (Å²) < 4.78 is 0. The van der Waals surface area contributed by atoms with Crippen molar-refractivity contribution in [1.82, 2.24) is 10.2 Å². The van der Waals surface area contributed by atoms with Gasteiger partial charge in [0.15, 0.2) is 0 Å². The summed E-state index contributed by atoms with van der Waals surface area (Å²) in [6, 6.07) is 0.711. The zero-order chi connectivity index (χ0) is 11.0. The molecule has 0 bridgehead atoms. The molecule has 0 aromatic carbocycles. The topological polar surface area (TPSA) is 15.3 Å². The van der Waals surface area contributed by atoms with Crippen LogP contribution in [0.4, 0.5) is 0 Å². The van der Waals surface area contributed by atoms with Crippen LogP contribution < -0.4 is 5.32 Å². The highest BCUT2D eigenvalue weighted by molar-refractivity contribution is 4.64. The van der Waals surface area contributed by atoms with Crippen molar-refractivity contribution in [1.29, 1.82) is 0 Å². The molecule has 14 heavy (non-hydrogen) atoms. The standard InChI is InChI=1S/C12H28N2/c1-6-12(7-2)13-8-9-14(5)10-11(3)4/h11-13H,6-10H2,1-5H3. The Morgan fingerprint density at radius 2 is 1.71 bits per heavy atom. The van der Waals surface area contributed by atoms with Gasteiger partial charge in [0.05, 0.1) is 0 Å². The molecule has 0 atom stereocenters. The van der Waals surface area contributed by atoms with Crippen LogP contribution in [0.2, 0.25) is 0 Å². The zero-order valence-electron chi connectivity index (χ0n) is 10.6. The van der Waals surface area contributed by atoms with E-state index in [1.807, 2.05) is 0 Å². The molecule has 0 unspecified atom stereocenters. The SMILES string of the molecule is CCC(CC)NCCN(C)CC(C)C. The van der Waals surface area contributed by atoms with Crippen molar-refractivity contribution in [2.45, 2.75) is 46.6 Å². The molecule has 1 N–H and O–H groups in total. The third kappa shape index (κ3) is 7.34. The quantitative estimate of drug-likeness (QED) is 0.647. The number of nitrogens with zero attached hydrogens (tertiary/aromatic N) is 1. The molecule has 0 spiro atoms. The largest absolute Gasteiger partial charge is 0.313 e. The fourth-order valence-electron chi connectivity index (χ4n) is 1.75. The highest BCUT2D eigenvalue weighted by atomic mass is 15.1. The molecule has 0 radical (unpaired) electrons. The first-order valence-electron chi connectivity index (χ1n) is 6.02. The number of hydrogen-bond acceptors (Lipinski definition) is 2. The Kier molecular flexibility index (Phi) is 8.20. The summed E-state index contributed by atoms with van der Waals surface area (Å²) in [6.07, 6.45) is 2.48. The van der Waals surface area contributed by atoms with Crippen molar-refractivity contribution in [3.8, 4) is 0 Å². The molecule has 0 saturated carbocycles. The Morgan fingerprint density at radius 1 is 1.14 bits per heavy atom. The normalized spacial score (nSPS) is 12.0. The van der Waals surface area contributed by atoms with E-state index in [1.54, 1.807) is 0 Å². The lowest BCUT2D eigenvalue weighted by atomic mass is 10.2. The lowest BCUT2D eigenvalue weighted by Crippen LogP contribution is -2.36. The Hall–Kier alpha value is -0.0800. The molecule has 0 aromatic heterocycles. The van der Waals surface area contributed by atoms with Crippen LogP contribution in [-0.4, -0.2) is 37.6 Å². The molecule has 0 aromatic rings. The number of nitrogens with one attached hydrogen (secondary N) is 1. The first-order chi connectivity index (χ1) is 6.60. The fourth-order valence-corrected chi connectivity index (χ4v) is 1.75. The van der Waals surface area contributed by atoms with E-state index >= 15 is 0 Å². The van der Waals surface area contributed by atoms with Gasteiger partial charge in [0.2, 0.25) is 0 Å². The Labute approximate surface area is 90.1 Å². The second-order valence-electron chi connectivity index (χ2n) is 4.62. The molecule has 0 aliphatic heterocycles. The van der Waals surface area contributed by atoms with Gasteiger partial charge in [-0.2, -0.15) is 0 Å². The number of rotatable bonds is 8. The van der Waals surface area contributed by atoms with E-state index in [1.165, 1.54) is 19.4 Å². The summed E-state index contributed by atoms with van der Waals surface area (Å²) in [7, 11) is 2.20. The average molecular weight is 200 g/mol. The molecule has 0 aliphatic rings. The minimum absolute atomic E-state index is 0.711. The second-order valence-corrected chi connectivity index (χ2v) is 4.62. The van der Waals surface area contributed by atoms with Gasteiger partial charge in [0.1, 0.15) is 0 Å². The number of hydrogen-bond donors (Lipinski definition) is 1. The van der Waals surface area contributed by atoms with Crippen LogP contribution in [0.3, 0.4) is 0 Å². The van der Waals surface area contributed by atoms with Gasteiger partial charge in [-0.15, -0.1) is 0 Å². The van der Waals surface area contributed by atoms with Crippen molar-refractivity contribution in [3.63, 3.8) is 0 Å². The van der Waals surface area contributed by atoms with Crippen molar-refractivity contribution < 1.29 is 0 Å². The van der Waals surface area contributed by atoms with Gasteiger partial charge in [0, 0.05) is 25.7 Å². The molecule has 0 heterocycles. The van der Waals surface area contributed by atoms with Gasteiger partial charge in [-0.05, 0) is 25.8 Å². The molecule has 0 saturated heterocycles. The fraction of sp³-hybridized carbons (Fsp3) is 1.00. The summed E-state index contributed by atoms with van der Waals surface area (Å²) in [6.45, 7) is 12.5. The van der Waals surface area contributed by atoms with Gasteiger partial charge in [-0.25, -0.2) is 0 Å². The van der Waals surface area contributed by atoms with E-state index < -0.39 is 0 Å². The lowest BCUT2D eigenvalue weighted by Gasteiger charge is -2.21. The lowest BCUT2D eigenvalue weighted by molar-refractivity contribution is 0.288. The Morgan fingerprint density at radius 3 is 2.14 bits per heavy atom. The van der Waals surface area contributed by atoms with Crippen LogP contribution in [0.5, 0.6) is 0 Å². The maximum atomic E-state index is 3.58. The summed E-state index contributed by atoms with van der Waals surface area (Å²) >= 11 is 0. The summed E-state index contributed by atoms with van der Waals surface area (Å²) in [5.74, 6) is 0.771. The van der Waals surface area contributed by atoms with E-state index in [2.05, 4.69) is 45.0 Å². The average Bonchev–Trinajstić information content (AvgIpc) is 2.11. The van der Waals surface area contributed by atoms with Crippen LogP contribution in [0, 0.1) is 5.92 Å². The molecule has 0 rings (SSSR count). The smallest absolute Gasteiger partial charge is 0.0104 e. The monoisotopic (exact) mass is 200 g/mol. The summed E-state index contributed by atoms with van der Waals surface area (Å²) in [5, 5.41) is 3.58. The van der Waals surface area contributed by atoms with Crippen LogP contribution >= 0.6 is 0 Å². The van der Waals surface area contributed by atoms with Gasteiger partial charge in [0.25, 0.3) is 0 Å². The van der Waals surface area contributed by atoms with E-state index in [4.69, 9.17) is 0 Å². The van der Waals surface area contributed by atoms with Gasteiger partial charge in [-0.3, -0.25) is 0 Å². The third-order valence-corrected chi connectivity index (χ3v) is 2.59. The van der Waals surface area contributed by atoms with Crippen LogP contribution in [0.1, 0.15) is 40.5 Å². The molecule has 2 heteroatoms. The molecular formula is C12H28N2. The molecule has 0 aliphatic carbocycles. The van der Waals surface area contributed by atoms with Crippen molar-refractivity contribution >= 4 is 0 Å². The van der Waals surface area contributed by atoms with Gasteiger partial charge >= 0.3 is 0 Å². The third-order valence-electron chi connectivity index (χ3n) is 2.59. The molecule has 0 fully saturated rings. The van der Waals surface area contributed by atoms with E-state index in [9.17, 15) is 0 Å². The van der Waals surface area contributed by atoms with E-state index in [0.717, 1.165) is 19.0 Å². The molecule has 86 valence electrons. The van der Waals surface area contributed by atoms with Crippen LogP contribution in [0.25, 0.3) is 0 Å². The minimum Gasteiger partial charge on any atom is -0.313 e. The van der Waals surface area contributed by atoms with Crippen molar-refractivity contribution in [3.05, 3.63) is 0 Å². The Balaban J connectivity index is 3.42. The maximum Gasteiger partial charge on any atom is 0.0104 e. The Bertz CT molecular complexity index is 119. The van der Waals surface area contributed by atoms with E-state index in [-0.39, 0.29) is 0 Å². The van der Waals surface area contributed by atoms with Gasteiger partial charge < -0.3 is 10.2 Å². The van der Waals surface area contributed by atoms with Crippen molar-refractivity contribution in [2.75, 3.05) is 26.7 Å². The van der Waals surface area contributed by atoms with Crippen molar-refractivity contribution in [2.24, 2.45) is 5.92 Å². The minimum atomic E-state index is 0.711. The molecule has 0 amide bonds. The molecule has 2 nitrogen and oxygen atoms in total. The summed E-state index contributed by atoms with van der Waals surface area (Å²) in [5.41, 5.74) is 0. The zero-order valence-corrected chi connectivity index (χ0v) is 10.6. The first-order valence-corrected chi connectivity index (χ1v) is 6.02. The van der Waals surface area contributed by atoms with Crippen LogP contribution in [-0.2, 0) is 0 Å². The number of likely N-dealkylation sites (N-methyl/N-ethyl adjacent to an activating group) is 1. The maximum absolute atomic E-state index is 3.58. The second kappa shape index (κ2) is 8.25. The highest BCUT2D eigenvalue weighted by Gasteiger charge is 2.04. The predicted octanol–water partition coefficient (Wildman–Crippen LogP) is 2.35. The predicted molar refractivity (Wildman–Crippen MR) is 64.7 cm³/mol. The van der Waals surface area contributed by atoms with E-state index in [0.29, 0.717) is 6.04 Å².